The van der Waals surface area contributed by atoms with Gasteiger partial charge in [-0.05, 0) is 24.3 Å². The number of benzene rings is 1. The van der Waals surface area contributed by atoms with E-state index in [9.17, 15) is 9.59 Å². The molecule has 0 aliphatic carbocycles. The first-order valence-corrected chi connectivity index (χ1v) is 10.8. The van der Waals surface area contributed by atoms with E-state index in [1.54, 1.807) is 6.20 Å². The number of carbonyl (C=O) groups excluding carboxylic acids is 2. The number of anilines is 1. The number of hydrogen-bond acceptors (Lipinski definition) is 4. The Kier molecular flexibility index (Phi) is 7.97. The van der Waals surface area contributed by atoms with E-state index in [-0.39, 0.29) is 12.6 Å². The van der Waals surface area contributed by atoms with Gasteiger partial charge < -0.3 is 25.3 Å². The molecule has 2 heterocycles. The van der Waals surface area contributed by atoms with Gasteiger partial charge in [0.05, 0.1) is 25.8 Å². The van der Waals surface area contributed by atoms with Crippen molar-refractivity contribution in [3.63, 3.8) is 0 Å². The van der Waals surface area contributed by atoms with Crippen molar-refractivity contribution in [3.05, 3.63) is 59.9 Å². The average Bonchev–Trinajstić information content (AvgIpc) is 2.79. The summed E-state index contributed by atoms with van der Waals surface area (Å²) in [6.07, 6.45) is 1.66. The third-order valence-corrected chi connectivity index (χ3v) is 5.88. The normalized spacial score (nSPS) is 19.3. The first-order chi connectivity index (χ1) is 14.9. The van der Waals surface area contributed by atoms with Crippen LogP contribution in [0.5, 0.6) is 0 Å². The number of nitrogens with one attached hydrogen (secondary N) is 4. The second kappa shape index (κ2) is 10.9. The molecule has 0 unspecified atom stereocenters. The van der Waals surface area contributed by atoms with E-state index in [1.807, 2.05) is 32.3 Å². The van der Waals surface area contributed by atoms with Gasteiger partial charge in [0.25, 0.3) is 0 Å². The van der Waals surface area contributed by atoms with Crippen molar-refractivity contribution in [1.82, 2.24) is 15.6 Å². The van der Waals surface area contributed by atoms with Crippen molar-refractivity contribution in [2.45, 2.75) is 12.6 Å². The lowest BCUT2D eigenvalue weighted by molar-refractivity contribution is -1.02. The number of pyridine rings is 1. The molecule has 3 rings (SSSR count). The highest BCUT2D eigenvalue weighted by atomic mass is 16.2. The zero-order valence-electron chi connectivity index (χ0n) is 18.6. The van der Waals surface area contributed by atoms with Gasteiger partial charge >= 0.3 is 11.8 Å². The summed E-state index contributed by atoms with van der Waals surface area (Å²) in [4.78, 5) is 33.8. The van der Waals surface area contributed by atoms with Crippen molar-refractivity contribution in [2.75, 3.05) is 58.8 Å². The second-order valence-corrected chi connectivity index (χ2v) is 8.37. The lowest BCUT2D eigenvalue weighted by Gasteiger charge is -2.33. The second-order valence-electron chi connectivity index (χ2n) is 8.37. The Bertz CT molecular complexity index is 848. The Labute approximate surface area is 184 Å². The molecule has 31 heavy (non-hydrogen) atoms. The molecule has 1 saturated heterocycles. The van der Waals surface area contributed by atoms with Crippen LogP contribution in [0.15, 0.2) is 48.7 Å². The average molecular weight is 427 g/mol. The Balaban J connectivity index is 1.62. The minimum absolute atomic E-state index is 0.108. The monoisotopic (exact) mass is 426 g/mol. The molecule has 8 heteroatoms. The van der Waals surface area contributed by atoms with Crippen LogP contribution >= 0.6 is 0 Å². The third-order valence-electron chi connectivity index (χ3n) is 5.88. The van der Waals surface area contributed by atoms with Crippen molar-refractivity contribution in [3.8, 4) is 0 Å². The van der Waals surface area contributed by atoms with Gasteiger partial charge in [-0.2, -0.15) is 0 Å². The topological polar surface area (TPSA) is 83.2 Å². The van der Waals surface area contributed by atoms with Crippen molar-refractivity contribution >= 4 is 17.5 Å². The molecule has 4 N–H and O–H groups in total. The van der Waals surface area contributed by atoms with Gasteiger partial charge in [0, 0.05) is 31.5 Å². The molecule has 1 aliphatic heterocycles. The molecule has 166 valence electrons. The van der Waals surface area contributed by atoms with Gasteiger partial charge in [0.15, 0.2) is 0 Å². The Morgan fingerprint density at radius 3 is 2.29 bits per heavy atom. The van der Waals surface area contributed by atoms with E-state index in [2.05, 4.69) is 51.8 Å². The summed E-state index contributed by atoms with van der Waals surface area (Å²) in [6, 6.07) is 14.0. The summed E-state index contributed by atoms with van der Waals surface area (Å²) in [5, 5.41) is 5.49. The maximum Gasteiger partial charge on any atom is 0.309 e. The number of rotatable bonds is 7. The summed E-state index contributed by atoms with van der Waals surface area (Å²) in [5.74, 6) is -1.24. The van der Waals surface area contributed by atoms with Crippen molar-refractivity contribution in [1.29, 1.82) is 0 Å². The van der Waals surface area contributed by atoms with Crippen LogP contribution in [-0.4, -0.2) is 70.7 Å². The van der Waals surface area contributed by atoms with Crippen LogP contribution in [0.2, 0.25) is 0 Å². The highest BCUT2D eigenvalue weighted by molar-refractivity contribution is 6.35. The maximum absolute atomic E-state index is 12.4. The highest BCUT2D eigenvalue weighted by Crippen LogP contribution is 2.16. The molecule has 0 radical (unpaired) electrons. The standard InChI is InChI=1S/C23H32N6O2/c1-27(2)20-9-7-18(8-10-20)21(29-14-12-28(3)13-15-29)17-26-23(31)22(30)25-16-19-6-4-5-11-24-19/h4-11,21H,12-17H2,1-3H3,(H,25,30)(H,26,31)/p+2/t21-/m0/s1. The van der Waals surface area contributed by atoms with Crippen LogP contribution in [0.4, 0.5) is 5.69 Å². The lowest BCUT2D eigenvalue weighted by Crippen LogP contribution is -3.27. The fourth-order valence-corrected chi connectivity index (χ4v) is 3.88. The number of piperazine rings is 1. The molecule has 0 saturated carbocycles. The molecule has 1 fully saturated rings. The summed E-state index contributed by atoms with van der Waals surface area (Å²) >= 11 is 0. The molecule has 0 spiro atoms. The third kappa shape index (κ3) is 6.50. The predicted octanol–water partition coefficient (Wildman–Crippen LogP) is -1.97. The number of aromatic nitrogens is 1. The predicted molar refractivity (Wildman–Crippen MR) is 120 cm³/mol. The molecule has 8 nitrogen and oxygen atoms in total. The van der Waals surface area contributed by atoms with Crippen LogP contribution in [0.25, 0.3) is 0 Å². The Morgan fingerprint density at radius 1 is 1.00 bits per heavy atom. The van der Waals surface area contributed by atoms with Crippen molar-refractivity contribution < 1.29 is 19.4 Å². The van der Waals surface area contributed by atoms with Gasteiger partial charge in [0.2, 0.25) is 0 Å². The van der Waals surface area contributed by atoms with Crippen LogP contribution in [0, 0.1) is 0 Å². The van der Waals surface area contributed by atoms with E-state index >= 15 is 0 Å². The number of quaternary nitrogens is 2. The molecule has 1 atom stereocenters. The van der Waals surface area contributed by atoms with E-state index < -0.39 is 11.8 Å². The Hall–Kier alpha value is -2.97. The lowest BCUT2D eigenvalue weighted by atomic mass is 10.0. The van der Waals surface area contributed by atoms with Gasteiger partial charge in [-0.1, -0.05) is 18.2 Å². The molecule has 2 amide bonds. The van der Waals surface area contributed by atoms with E-state index in [1.165, 1.54) is 15.4 Å². The van der Waals surface area contributed by atoms with Crippen LogP contribution in [-0.2, 0) is 16.1 Å². The Morgan fingerprint density at radius 2 is 1.68 bits per heavy atom. The number of likely N-dealkylation sites (N-methyl/N-ethyl adjacent to an activating group) is 1. The molecule has 0 bridgehead atoms. The first kappa shape index (κ1) is 22.7. The zero-order chi connectivity index (χ0) is 22.2. The van der Waals surface area contributed by atoms with E-state index in [4.69, 9.17) is 0 Å². The molecule has 2 aromatic rings. The molecule has 1 aromatic heterocycles. The zero-order valence-corrected chi connectivity index (χ0v) is 18.6. The number of carbonyl (C=O) groups is 2. The highest BCUT2D eigenvalue weighted by Gasteiger charge is 2.30. The molecule has 1 aliphatic rings. The van der Waals surface area contributed by atoms with Gasteiger partial charge in [-0.25, -0.2) is 0 Å². The van der Waals surface area contributed by atoms with E-state index in [0.29, 0.717) is 12.2 Å². The minimum atomic E-state index is -0.634. The van der Waals surface area contributed by atoms with Crippen LogP contribution in [0.3, 0.4) is 0 Å². The number of amides is 2. The maximum atomic E-state index is 12.4. The summed E-state index contributed by atoms with van der Waals surface area (Å²) in [6.45, 7) is 4.92. The van der Waals surface area contributed by atoms with Gasteiger partial charge in [-0.3, -0.25) is 14.6 Å². The summed E-state index contributed by atoms with van der Waals surface area (Å²) in [5.41, 5.74) is 3.03. The minimum Gasteiger partial charge on any atom is -0.378 e. The van der Waals surface area contributed by atoms with E-state index in [0.717, 1.165) is 31.9 Å². The SMILES string of the molecule is CN(C)c1ccc([C@H](CNC(=O)C(=O)NCc2ccccn2)[NH+]2CC[NH+](C)CC2)cc1. The summed E-state index contributed by atoms with van der Waals surface area (Å²) < 4.78 is 0. The first-order valence-electron chi connectivity index (χ1n) is 10.8. The summed E-state index contributed by atoms with van der Waals surface area (Å²) in [7, 11) is 6.25. The van der Waals surface area contributed by atoms with Crippen LogP contribution < -0.4 is 25.3 Å². The van der Waals surface area contributed by atoms with Gasteiger partial charge in [0.1, 0.15) is 32.2 Å². The van der Waals surface area contributed by atoms with Crippen molar-refractivity contribution in [2.24, 2.45) is 0 Å². The quantitative estimate of drug-likeness (QED) is 0.388. The fourth-order valence-electron chi connectivity index (χ4n) is 3.88. The molecular formula is C23H34N6O2+2. The molecule has 1 aromatic carbocycles. The van der Waals surface area contributed by atoms with Crippen LogP contribution in [0.1, 0.15) is 17.3 Å². The largest absolute Gasteiger partial charge is 0.378 e. The molecular weight excluding hydrogens is 392 g/mol. The fraction of sp³-hybridized carbons (Fsp3) is 0.435. The number of nitrogens with zero attached hydrogens (tertiary/aromatic N) is 2. The number of hydrogen-bond donors (Lipinski definition) is 4. The van der Waals surface area contributed by atoms with Gasteiger partial charge in [-0.15, -0.1) is 0 Å². The smallest absolute Gasteiger partial charge is 0.309 e.